The molecule has 2 aromatic heterocycles. The molecule has 0 aliphatic heterocycles. The average molecular weight is 360 g/mol. The minimum Gasteiger partial charge on any atom is -0.384 e. The Labute approximate surface area is 147 Å². The molecule has 0 radical (unpaired) electrons. The van der Waals surface area contributed by atoms with E-state index in [1.807, 2.05) is 6.92 Å². The maximum absolute atomic E-state index is 13.1. The zero-order chi connectivity index (χ0) is 18.1. The van der Waals surface area contributed by atoms with Gasteiger partial charge in [0.15, 0.2) is 0 Å². The second-order valence-electron chi connectivity index (χ2n) is 5.60. The van der Waals surface area contributed by atoms with Crippen LogP contribution in [-0.2, 0) is 13.6 Å². The van der Waals surface area contributed by atoms with Gasteiger partial charge in [-0.05, 0) is 30.7 Å². The van der Waals surface area contributed by atoms with E-state index in [2.05, 4.69) is 4.98 Å². The summed E-state index contributed by atoms with van der Waals surface area (Å²) in [5.74, 6) is -0.212. The summed E-state index contributed by atoms with van der Waals surface area (Å²) in [6.07, 6.45) is 0.708. The smallest absolute Gasteiger partial charge is 0.332 e. The molecule has 25 heavy (non-hydrogen) atoms. The molecule has 6 nitrogen and oxygen atoms in total. The van der Waals surface area contributed by atoms with Crippen LogP contribution in [0.4, 0.5) is 10.2 Å². The summed E-state index contributed by atoms with van der Waals surface area (Å²) in [6, 6.07) is 5.95. The minimum absolute atomic E-state index is 0.117. The monoisotopic (exact) mass is 360 g/mol. The van der Waals surface area contributed by atoms with Crippen LogP contribution in [0.25, 0.3) is 21.8 Å². The molecule has 1 aromatic carbocycles. The second-order valence-corrected chi connectivity index (χ2v) is 6.46. The number of thiazole rings is 1. The molecule has 0 bridgehead atoms. The predicted octanol–water partition coefficient (Wildman–Crippen LogP) is 2.47. The molecule has 0 fully saturated rings. The molecule has 0 atom stereocenters. The molecule has 0 aliphatic rings. The van der Waals surface area contributed by atoms with Crippen LogP contribution in [0, 0.1) is 5.82 Å². The lowest BCUT2D eigenvalue weighted by molar-refractivity contribution is 0.600. The topological polar surface area (TPSA) is 82.9 Å². The molecule has 0 spiro atoms. The molecular formula is C17H17FN4O2S. The van der Waals surface area contributed by atoms with Crippen molar-refractivity contribution in [1.29, 1.82) is 0 Å². The van der Waals surface area contributed by atoms with Gasteiger partial charge < -0.3 is 5.73 Å². The Kier molecular flexibility index (Phi) is 4.54. The first-order valence-corrected chi connectivity index (χ1v) is 8.63. The molecule has 0 aliphatic carbocycles. The lowest BCUT2D eigenvalue weighted by atomic mass is 10.2. The zero-order valence-electron chi connectivity index (χ0n) is 13.8. The van der Waals surface area contributed by atoms with Crippen molar-refractivity contribution in [3.05, 3.63) is 56.3 Å². The third kappa shape index (κ3) is 3.00. The molecule has 0 saturated heterocycles. The summed E-state index contributed by atoms with van der Waals surface area (Å²) in [7, 11) is 1.42. The average Bonchev–Trinajstić information content (AvgIpc) is 3.07. The van der Waals surface area contributed by atoms with Gasteiger partial charge in [0, 0.05) is 24.5 Å². The maximum Gasteiger partial charge on any atom is 0.332 e. The Morgan fingerprint density at radius 1 is 1.24 bits per heavy atom. The Hall–Kier alpha value is -2.74. The lowest BCUT2D eigenvalue weighted by Gasteiger charge is -2.13. The van der Waals surface area contributed by atoms with Crippen molar-refractivity contribution in [1.82, 2.24) is 14.1 Å². The molecule has 3 aromatic rings. The Morgan fingerprint density at radius 3 is 2.56 bits per heavy atom. The van der Waals surface area contributed by atoms with E-state index in [1.54, 1.807) is 17.5 Å². The third-order valence-electron chi connectivity index (χ3n) is 3.88. The molecule has 8 heteroatoms. The van der Waals surface area contributed by atoms with Crippen LogP contribution in [0.1, 0.15) is 13.3 Å². The molecule has 3 rings (SSSR count). The summed E-state index contributed by atoms with van der Waals surface area (Å²) in [6.45, 7) is 2.34. The van der Waals surface area contributed by atoms with Crippen LogP contribution >= 0.6 is 11.3 Å². The van der Waals surface area contributed by atoms with Gasteiger partial charge in [0.05, 0.1) is 5.69 Å². The third-order valence-corrected chi connectivity index (χ3v) is 4.77. The quantitative estimate of drug-likeness (QED) is 0.775. The molecule has 0 unspecified atom stereocenters. The summed E-state index contributed by atoms with van der Waals surface area (Å²) in [5, 5.41) is 2.36. The number of benzene rings is 1. The van der Waals surface area contributed by atoms with Crippen LogP contribution in [0.3, 0.4) is 0 Å². The van der Waals surface area contributed by atoms with Crippen LogP contribution in [0.15, 0.2) is 39.2 Å². The molecule has 2 heterocycles. The summed E-state index contributed by atoms with van der Waals surface area (Å²) >= 11 is 1.33. The fourth-order valence-electron chi connectivity index (χ4n) is 2.58. The van der Waals surface area contributed by atoms with Crippen molar-refractivity contribution in [3.8, 4) is 21.8 Å². The number of rotatable bonds is 4. The zero-order valence-corrected chi connectivity index (χ0v) is 14.6. The molecule has 2 N–H and O–H groups in total. The highest BCUT2D eigenvalue weighted by Gasteiger charge is 2.19. The Bertz CT molecular complexity index is 1030. The number of hydrogen-bond donors (Lipinski definition) is 1. The van der Waals surface area contributed by atoms with Gasteiger partial charge in [-0.2, -0.15) is 0 Å². The number of anilines is 1. The van der Waals surface area contributed by atoms with Crippen molar-refractivity contribution >= 4 is 17.2 Å². The number of nitrogens with two attached hydrogens (primary N) is 1. The van der Waals surface area contributed by atoms with Crippen LogP contribution < -0.4 is 17.0 Å². The summed E-state index contributed by atoms with van der Waals surface area (Å²) < 4.78 is 15.5. The van der Waals surface area contributed by atoms with Gasteiger partial charge in [-0.25, -0.2) is 14.2 Å². The van der Waals surface area contributed by atoms with Gasteiger partial charge in [0.1, 0.15) is 22.2 Å². The van der Waals surface area contributed by atoms with Crippen LogP contribution in [0.5, 0.6) is 0 Å². The van der Waals surface area contributed by atoms with Crippen LogP contribution in [-0.4, -0.2) is 14.1 Å². The van der Waals surface area contributed by atoms with Gasteiger partial charge in [-0.1, -0.05) is 6.92 Å². The highest BCUT2D eigenvalue weighted by molar-refractivity contribution is 7.13. The normalized spacial score (nSPS) is 11.0. The number of nitrogen functional groups attached to an aromatic ring is 1. The lowest BCUT2D eigenvalue weighted by Crippen LogP contribution is -2.40. The molecular weight excluding hydrogens is 343 g/mol. The minimum atomic E-state index is -0.481. The van der Waals surface area contributed by atoms with Gasteiger partial charge in [0.25, 0.3) is 5.56 Å². The van der Waals surface area contributed by atoms with Gasteiger partial charge in [-0.15, -0.1) is 11.3 Å². The fourth-order valence-corrected chi connectivity index (χ4v) is 3.39. The molecule has 0 saturated carbocycles. The number of nitrogens with zero attached hydrogens (tertiary/aromatic N) is 3. The van der Waals surface area contributed by atoms with Crippen molar-refractivity contribution in [3.63, 3.8) is 0 Å². The summed E-state index contributed by atoms with van der Waals surface area (Å²) in [4.78, 5) is 29.2. The number of aromatic nitrogens is 3. The Morgan fingerprint density at radius 2 is 1.92 bits per heavy atom. The largest absolute Gasteiger partial charge is 0.384 e. The van der Waals surface area contributed by atoms with E-state index in [0.29, 0.717) is 23.7 Å². The first-order valence-electron chi connectivity index (χ1n) is 7.75. The second kappa shape index (κ2) is 6.64. The van der Waals surface area contributed by atoms with Crippen molar-refractivity contribution in [2.75, 3.05) is 5.73 Å². The van der Waals surface area contributed by atoms with Gasteiger partial charge in [0.2, 0.25) is 0 Å². The highest BCUT2D eigenvalue weighted by atomic mass is 32.1. The highest BCUT2D eigenvalue weighted by Crippen LogP contribution is 2.29. The van der Waals surface area contributed by atoms with Crippen molar-refractivity contribution in [2.45, 2.75) is 19.9 Å². The first kappa shape index (κ1) is 17.1. The number of halogens is 1. The SMILES string of the molecule is CCCn1c(N)c(-c2csc(-c3ccc(F)cc3)n2)c(=O)n(C)c1=O. The Balaban J connectivity index is 2.16. The van der Waals surface area contributed by atoms with E-state index in [9.17, 15) is 14.0 Å². The summed E-state index contributed by atoms with van der Waals surface area (Å²) in [5.41, 5.74) is 6.54. The maximum atomic E-state index is 13.1. The van der Waals surface area contributed by atoms with E-state index in [-0.39, 0.29) is 17.2 Å². The van der Waals surface area contributed by atoms with Crippen molar-refractivity contribution in [2.24, 2.45) is 7.05 Å². The van der Waals surface area contributed by atoms with E-state index >= 15 is 0 Å². The van der Waals surface area contributed by atoms with E-state index < -0.39 is 11.2 Å². The van der Waals surface area contributed by atoms with E-state index in [0.717, 1.165) is 10.1 Å². The first-order chi connectivity index (χ1) is 11.9. The van der Waals surface area contributed by atoms with Gasteiger partial charge >= 0.3 is 5.69 Å². The number of hydrogen-bond acceptors (Lipinski definition) is 5. The van der Waals surface area contributed by atoms with E-state index in [1.165, 1.54) is 35.1 Å². The molecule has 0 amide bonds. The van der Waals surface area contributed by atoms with Crippen molar-refractivity contribution < 1.29 is 4.39 Å². The van der Waals surface area contributed by atoms with Crippen LogP contribution in [0.2, 0.25) is 0 Å². The fraction of sp³-hybridized carbons (Fsp3) is 0.235. The standard InChI is InChI=1S/C17H17FN4O2S/c1-3-8-22-14(19)13(16(23)21(2)17(22)24)12-9-25-15(20-12)10-4-6-11(18)7-5-10/h4-7,9H,3,8,19H2,1-2H3. The molecule has 130 valence electrons. The van der Waals surface area contributed by atoms with Gasteiger partial charge in [-0.3, -0.25) is 13.9 Å². The predicted molar refractivity (Wildman–Crippen MR) is 97.1 cm³/mol. The van der Waals surface area contributed by atoms with E-state index in [4.69, 9.17) is 5.73 Å².